The standard InChI is InChI=1S/C29H24F3N5O2S/c1-18(2)23-5-3-4-6-25(23)36-40-17-34-28(38)35-20-8-13-24-19(15-20)7-14-26-27(24)33-16-37(26)21-9-11-22(12-10-21)39-29(30,31)32/h3-18,36H,1-2H3,(H,35,38). The van der Waals surface area contributed by atoms with Crippen molar-refractivity contribution in [2.75, 3.05) is 10.0 Å². The number of ether oxygens (including phenoxy) is 1. The van der Waals surface area contributed by atoms with Gasteiger partial charge in [-0.15, -0.1) is 13.2 Å². The fourth-order valence-electron chi connectivity index (χ4n) is 4.31. The quantitative estimate of drug-likeness (QED) is 0.118. The van der Waals surface area contributed by atoms with Gasteiger partial charge in [-0.1, -0.05) is 44.2 Å². The third-order valence-electron chi connectivity index (χ3n) is 6.11. The molecule has 7 nitrogen and oxygen atoms in total. The molecule has 4 aromatic carbocycles. The number of rotatable bonds is 7. The van der Waals surface area contributed by atoms with Crippen molar-refractivity contribution in [2.24, 2.45) is 4.99 Å². The molecule has 204 valence electrons. The van der Waals surface area contributed by atoms with Crippen LogP contribution in [0.1, 0.15) is 25.3 Å². The van der Waals surface area contributed by atoms with Gasteiger partial charge in [-0.2, -0.15) is 4.99 Å². The average Bonchev–Trinajstić information content (AvgIpc) is 3.35. The number of aromatic nitrogens is 2. The number of nitrogens with one attached hydrogen (secondary N) is 2. The molecule has 1 heterocycles. The molecule has 0 aliphatic rings. The van der Waals surface area contributed by atoms with Crippen LogP contribution in [0.3, 0.4) is 0 Å². The molecule has 0 radical (unpaired) electrons. The van der Waals surface area contributed by atoms with Crippen LogP contribution in [-0.2, 0) is 0 Å². The Labute approximate surface area is 232 Å². The summed E-state index contributed by atoms with van der Waals surface area (Å²) in [4.78, 5) is 20.8. The molecule has 5 rings (SSSR count). The van der Waals surface area contributed by atoms with Gasteiger partial charge in [-0.05, 0) is 77.3 Å². The van der Waals surface area contributed by atoms with Crippen LogP contribution in [0.4, 0.5) is 29.3 Å². The number of hydrogen-bond donors (Lipinski definition) is 2. The maximum atomic E-state index is 12.5. The number of aliphatic imine (C=N–C) groups is 1. The summed E-state index contributed by atoms with van der Waals surface area (Å²) in [5.74, 6) is 0.0667. The van der Waals surface area contributed by atoms with Crippen LogP contribution < -0.4 is 14.8 Å². The summed E-state index contributed by atoms with van der Waals surface area (Å²) < 4.78 is 46.3. The van der Waals surface area contributed by atoms with E-state index in [-0.39, 0.29) is 5.75 Å². The molecule has 0 fully saturated rings. The van der Waals surface area contributed by atoms with Crippen LogP contribution >= 0.6 is 11.9 Å². The van der Waals surface area contributed by atoms with Crippen LogP contribution in [0.15, 0.2) is 90.2 Å². The minimum absolute atomic E-state index is 0.295. The van der Waals surface area contributed by atoms with Gasteiger partial charge in [-0.3, -0.25) is 4.57 Å². The molecule has 40 heavy (non-hydrogen) atoms. The Hall–Kier alpha value is -4.51. The zero-order valence-electron chi connectivity index (χ0n) is 21.4. The molecule has 0 aliphatic heterocycles. The van der Waals surface area contributed by atoms with Crippen molar-refractivity contribution >= 4 is 56.7 Å². The normalized spacial score (nSPS) is 11.9. The smallest absolute Gasteiger partial charge is 0.406 e. The minimum Gasteiger partial charge on any atom is -0.406 e. The Morgan fingerprint density at radius 2 is 1.82 bits per heavy atom. The first kappa shape index (κ1) is 27.1. The van der Waals surface area contributed by atoms with Gasteiger partial charge >= 0.3 is 12.4 Å². The van der Waals surface area contributed by atoms with Crippen molar-refractivity contribution in [3.05, 3.63) is 90.8 Å². The summed E-state index contributed by atoms with van der Waals surface area (Å²) in [6, 6.07) is 22.3. The number of para-hydroxylation sites is 1. The molecule has 2 N–H and O–H groups in total. The highest BCUT2D eigenvalue weighted by molar-refractivity contribution is 8.13. The topological polar surface area (TPSA) is 80.5 Å². The summed E-state index contributed by atoms with van der Waals surface area (Å²) in [6.45, 7) is 4.23. The molecular weight excluding hydrogens is 539 g/mol. The number of amides is 2. The number of benzene rings is 4. The average molecular weight is 564 g/mol. The van der Waals surface area contributed by atoms with Crippen LogP contribution in [0, 0.1) is 0 Å². The van der Waals surface area contributed by atoms with Crippen LogP contribution in [0.5, 0.6) is 5.75 Å². The molecule has 2 amide bonds. The molecule has 0 unspecified atom stereocenters. The maximum Gasteiger partial charge on any atom is 0.573 e. The van der Waals surface area contributed by atoms with Crippen LogP contribution in [0.25, 0.3) is 27.5 Å². The van der Waals surface area contributed by atoms with Crippen molar-refractivity contribution < 1.29 is 22.7 Å². The second-order valence-corrected chi connectivity index (χ2v) is 9.80. The lowest BCUT2D eigenvalue weighted by atomic mass is 10.0. The van der Waals surface area contributed by atoms with Crippen molar-refractivity contribution in [2.45, 2.75) is 26.1 Å². The van der Waals surface area contributed by atoms with Gasteiger partial charge < -0.3 is 14.8 Å². The number of imidazole rings is 1. The van der Waals surface area contributed by atoms with E-state index in [0.717, 1.165) is 22.0 Å². The molecule has 5 aromatic rings. The number of nitrogens with zero attached hydrogens (tertiary/aromatic N) is 3. The van der Waals surface area contributed by atoms with E-state index >= 15 is 0 Å². The third-order valence-corrected chi connectivity index (χ3v) is 6.65. The SMILES string of the molecule is CC(C)c1ccccc1NSC=NC(=O)Nc1ccc2c(ccc3c2ncn3-c2ccc(OC(F)(F)F)cc2)c1. The third kappa shape index (κ3) is 6.20. The highest BCUT2D eigenvalue weighted by Gasteiger charge is 2.31. The first-order chi connectivity index (χ1) is 19.2. The van der Waals surface area contributed by atoms with E-state index in [9.17, 15) is 18.0 Å². The molecule has 0 saturated heterocycles. The number of carbonyl (C=O) groups excluding carboxylic acids is 1. The first-order valence-electron chi connectivity index (χ1n) is 12.3. The van der Waals surface area contributed by atoms with E-state index in [0.29, 0.717) is 22.8 Å². The van der Waals surface area contributed by atoms with E-state index in [1.807, 2.05) is 42.5 Å². The maximum absolute atomic E-state index is 12.5. The van der Waals surface area contributed by atoms with Gasteiger partial charge in [-0.25, -0.2) is 9.78 Å². The Bertz CT molecular complexity index is 1700. The summed E-state index contributed by atoms with van der Waals surface area (Å²) in [5.41, 5.74) is 6.32. The summed E-state index contributed by atoms with van der Waals surface area (Å²) in [5, 5.41) is 4.48. The Balaban J connectivity index is 1.27. The fraction of sp³-hybridized carbons (Fsp3) is 0.138. The number of urea groups is 1. The number of halogens is 3. The van der Waals surface area contributed by atoms with Crippen LogP contribution in [0.2, 0.25) is 0 Å². The zero-order chi connectivity index (χ0) is 28.3. The predicted molar refractivity (Wildman–Crippen MR) is 155 cm³/mol. The van der Waals surface area contributed by atoms with Gasteiger partial charge in [0, 0.05) is 22.4 Å². The summed E-state index contributed by atoms with van der Waals surface area (Å²) >= 11 is 1.21. The fourth-order valence-corrected chi connectivity index (χ4v) is 4.83. The van der Waals surface area contributed by atoms with E-state index < -0.39 is 12.4 Å². The van der Waals surface area contributed by atoms with Gasteiger partial charge in [0.05, 0.1) is 16.6 Å². The Morgan fingerprint density at radius 3 is 2.58 bits per heavy atom. The highest BCUT2D eigenvalue weighted by atomic mass is 32.2. The van der Waals surface area contributed by atoms with Gasteiger partial charge in [0.25, 0.3) is 0 Å². The number of alkyl halides is 3. The van der Waals surface area contributed by atoms with Crippen molar-refractivity contribution in [3.8, 4) is 11.4 Å². The minimum atomic E-state index is -4.75. The first-order valence-corrected chi connectivity index (χ1v) is 13.2. The summed E-state index contributed by atoms with van der Waals surface area (Å²) in [7, 11) is 0. The van der Waals surface area contributed by atoms with Gasteiger partial charge in [0.1, 0.15) is 12.1 Å². The highest BCUT2D eigenvalue weighted by Crippen LogP contribution is 2.30. The second kappa shape index (κ2) is 11.3. The Morgan fingerprint density at radius 1 is 1.05 bits per heavy atom. The van der Waals surface area contributed by atoms with E-state index in [4.69, 9.17) is 0 Å². The van der Waals surface area contributed by atoms with E-state index in [1.54, 1.807) is 17.0 Å². The van der Waals surface area contributed by atoms with E-state index in [2.05, 4.69) is 44.7 Å². The molecule has 0 spiro atoms. The Kier molecular flexibility index (Phi) is 7.65. The number of anilines is 2. The van der Waals surface area contributed by atoms with Crippen molar-refractivity contribution in [1.29, 1.82) is 0 Å². The van der Waals surface area contributed by atoms with Crippen LogP contribution in [-0.4, -0.2) is 27.5 Å². The molecule has 11 heteroatoms. The molecule has 0 atom stereocenters. The largest absolute Gasteiger partial charge is 0.573 e. The number of fused-ring (bicyclic) bond motifs is 3. The molecule has 1 aromatic heterocycles. The lowest BCUT2D eigenvalue weighted by molar-refractivity contribution is -0.274. The predicted octanol–water partition coefficient (Wildman–Crippen LogP) is 8.52. The number of carbonyl (C=O) groups is 1. The molecule has 0 bridgehead atoms. The van der Waals surface area contributed by atoms with E-state index in [1.165, 1.54) is 47.3 Å². The number of hydrogen-bond acceptors (Lipinski definition) is 5. The molecular formula is C29H24F3N5O2S. The van der Waals surface area contributed by atoms with Crippen molar-refractivity contribution in [1.82, 2.24) is 9.55 Å². The summed E-state index contributed by atoms with van der Waals surface area (Å²) in [6.07, 6.45) is -3.14. The van der Waals surface area contributed by atoms with Gasteiger partial charge in [0.2, 0.25) is 0 Å². The second-order valence-electron chi connectivity index (χ2n) is 9.15. The molecule has 0 aliphatic carbocycles. The zero-order valence-corrected chi connectivity index (χ0v) is 22.3. The van der Waals surface area contributed by atoms with Crippen molar-refractivity contribution in [3.63, 3.8) is 0 Å². The molecule has 0 saturated carbocycles. The lowest BCUT2D eigenvalue weighted by Gasteiger charge is -2.12. The lowest BCUT2D eigenvalue weighted by Crippen LogP contribution is -2.17. The van der Waals surface area contributed by atoms with Gasteiger partial charge in [0.15, 0.2) is 0 Å². The monoisotopic (exact) mass is 563 g/mol.